The van der Waals surface area contributed by atoms with Crippen molar-refractivity contribution in [2.75, 3.05) is 5.75 Å². The van der Waals surface area contributed by atoms with Crippen LogP contribution in [-0.2, 0) is 4.79 Å². The molecular formula is C18H20ClNOS. The van der Waals surface area contributed by atoms with Crippen LogP contribution in [0.2, 0.25) is 5.02 Å². The zero-order valence-electron chi connectivity index (χ0n) is 12.8. The summed E-state index contributed by atoms with van der Waals surface area (Å²) in [6.45, 7) is 3.94. The Labute approximate surface area is 141 Å². The molecule has 0 fully saturated rings. The van der Waals surface area contributed by atoms with Gasteiger partial charge in [-0.25, -0.2) is 0 Å². The zero-order chi connectivity index (χ0) is 15.9. The molecule has 1 N–H and O–H groups in total. The molecule has 2 nitrogen and oxygen atoms in total. The SMILES string of the molecule is CC(C)NC(=O)CSC(c1ccccc1)c1ccc(Cl)cc1. The molecule has 0 spiro atoms. The van der Waals surface area contributed by atoms with Crippen molar-refractivity contribution in [3.8, 4) is 0 Å². The summed E-state index contributed by atoms with van der Waals surface area (Å²) in [5.74, 6) is 0.496. The van der Waals surface area contributed by atoms with Gasteiger partial charge < -0.3 is 5.32 Å². The molecule has 116 valence electrons. The fraction of sp³-hybridized carbons (Fsp3) is 0.278. The first-order chi connectivity index (χ1) is 10.6. The average Bonchev–Trinajstić information content (AvgIpc) is 2.49. The summed E-state index contributed by atoms with van der Waals surface area (Å²) < 4.78 is 0. The second-order valence-corrected chi connectivity index (χ2v) is 6.91. The molecule has 0 saturated heterocycles. The van der Waals surface area contributed by atoms with Crippen LogP contribution in [0, 0.1) is 0 Å². The normalized spacial score (nSPS) is 12.2. The van der Waals surface area contributed by atoms with Crippen LogP contribution in [0.5, 0.6) is 0 Å². The van der Waals surface area contributed by atoms with Crippen molar-refractivity contribution in [2.45, 2.75) is 25.1 Å². The van der Waals surface area contributed by atoms with Gasteiger partial charge in [-0.1, -0.05) is 54.1 Å². The Morgan fingerprint density at radius 3 is 2.23 bits per heavy atom. The maximum atomic E-state index is 11.9. The monoisotopic (exact) mass is 333 g/mol. The van der Waals surface area contributed by atoms with Gasteiger partial charge in [0.2, 0.25) is 5.91 Å². The Morgan fingerprint density at radius 2 is 1.64 bits per heavy atom. The number of hydrogen-bond donors (Lipinski definition) is 1. The lowest BCUT2D eigenvalue weighted by molar-refractivity contribution is -0.119. The molecule has 2 aromatic rings. The largest absolute Gasteiger partial charge is 0.353 e. The van der Waals surface area contributed by atoms with Crippen LogP contribution in [0.3, 0.4) is 0 Å². The van der Waals surface area contributed by atoms with Crippen LogP contribution in [0.15, 0.2) is 54.6 Å². The van der Waals surface area contributed by atoms with Gasteiger partial charge in [-0.2, -0.15) is 0 Å². The summed E-state index contributed by atoms with van der Waals surface area (Å²) >= 11 is 7.60. The molecule has 2 aromatic carbocycles. The molecule has 22 heavy (non-hydrogen) atoms. The standard InChI is InChI=1S/C18H20ClNOS/c1-13(2)20-17(21)12-22-18(14-6-4-3-5-7-14)15-8-10-16(19)11-9-15/h3-11,13,18H,12H2,1-2H3,(H,20,21). The molecule has 4 heteroatoms. The summed E-state index contributed by atoms with van der Waals surface area (Å²) in [4.78, 5) is 11.9. The van der Waals surface area contributed by atoms with Gasteiger partial charge in [0, 0.05) is 11.1 Å². The van der Waals surface area contributed by atoms with Gasteiger partial charge in [-0.15, -0.1) is 11.8 Å². The van der Waals surface area contributed by atoms with E-state index in [-0.39, 0.29) is 17.2 Å². The van der Waals surface area contributed by atoms with Crippen LogP contribution in [0.25, 0.3) is 0 Å². The van der Waals surface area contributed by atoms with Crippen LogP contribution >= 0.6 is 23.4 Å². The zero-order valence-corrected chi connectivity index (χ0v) is 14.3. The van der Waals surface area contributed by atoms with Gasteiger partial charge in [-0.3, -0.25) is 4.79 Å². The molecule has 0 aliphatic carbocycles. The number of thioether (sulfide) groups is 1. The van der Waals surface area contributed by atoms with Crippen molar-refractivity contribution < 1.29 is 4.79 Å². The lowest BCUT2D eigenvalue weighted by atomic mass is 10.0. The fourth-order valence-electron chi connectivity index (χ4n) is 2.17. The minimum Gasteiger partial charge on any atom is -0.353 e. The van der Waals surface area contributed by atoms with E-state index in [1.54, 1.807) is 11.8 Å². The third-order valence-electron chi connectivity index (χ3n) is 3.11. The molecule has 0 aliphatic rings. The highest BCUT2D eigenvalue weighted by Crippen LogP contribution is 2.35. The first-order valence-electron chi connectivity index (χ1n) is 7.27. The third kappa shape index (κ3) is 5.08. The van der Waals surface area contributed by atoms with Crippen LogP contribution < -0.4 is 5.32 Å². The maximum Gasteiger partial charge on any atom is 0.230 e. The van der Waals surface area contributed by atoms with Crippen molar-refractivity contribution in [1.29, 1.82) is 0 Å². The van der Waals surface area contributed by atoms with Crippen LogP contribution in [0.1, 0.15) is 30.2 Å². The molecule has 0 bridgehead atoms. The number of carbonyl (C=O) groups excluding carboxylic acids is 1. The lowest BCUT2D eigenvalue weighted by Gasteiger charge is -2.18. The van der Waals surface area contributed by atoms with Crippen LogP contribution in [-0.4, -0.2) is 17.7 Å². The van der Waals surface area contributed by atoms with E-state index in [0.29, 0.717) is 5.75 Å². The minimum atomic E-state index is 0.0647. The second kappa shape index (κ2) is 8.25. The third-order valence-corrected chi connectivity index (χ3v) is 4.66. The smallest absolute Gasteiger partial charge is 0.230 e. The molecule has 0 radical (unpaired) electrons. The Bertz CT molecular complexity index is 598. The predicted octanol–water partition coefficient (Wildman–Crippen LogP) is 4.69. The summed E-state index contributed by atoms with van der Waals surface area (Å²) in [5, 5.41) is 3.77. The Balaban J connectivity index is 2.16. The summed E-state index contributed by atoms with van der Waals surface area (Å²) in [6.07, 6.45) is 0. The summed E-state index contributed by atoms with van der Waals surface area (Å²) in [5.41, 5.74) is 2.34. The van der Waals surface area contributed by atoms with Crippen molar-refractivity contribution in [3.05, 3.63) is 70.7 Å². The minimum absolute atomic E-state index is 0.0647. The van der Waals surface area contributed by atoms with Gasteiger partial charge in [-0.05, 0) is 37.1 Å². The Hall–Kier alpha value is -1.45. The first kappa shape index (κ1) is 16.9. The molecule has 0 heterocycles. The van der Waals surface area contributed by atoms with Crippen molar-refractivity contribution in [3.63, 3.8) is 0 Å². The van der Waals surface area contributed by atoms with Gasteiger partial charge in [0.25, 0.3) is 0 Å². The van der Waals surface area contributed by atoms with Gasteiger partial charge in [0.05, 0.1) is 11.0 Å². The van der Waals surface area contributed by atoms with E-state index in [4.69, 9.17) is 11.6 Å². The van der Waals surface area contributed by atoms with Crippen molar-refractivity contribution in [2.24, 2.45) is 0 Å². The number of benzene rings is 2. The molecule has 1 amide bonds. The number of halogens is 1. The molecule has 0 saturated carbocycles. The van der Waals surface area contributed by atoms with E-state index in [9.17, 15) is 4.79 Å². The van der Waals surface area contributed by atoms with Gasteiger partial charge in [0.1, 0.15) is 0 Å². The molecule has 1 unspecified atom stereocenters. The van der Waals surface area contributed by atoms with E-state index >= 15 is 0 Å². The van der Waals surface area contributed by atoms with E-state index < -0.39 is 0 Å². The molecule has 0 aromatic heterocycles. The summed E-state index contributed by atoms with van der Waals surface area (Å²) in [7, 11) is 0. The molecule has 2 rings (SSSR count). The number of hydrogen-bond acceptors (Lipinski definition) is 2. The number of rotatable bonds is 6. The second-order valence-electron chi connectivity index (χ2n) is 5.38. The topological polar surface area (TPSA) is 29.1 Å². The average molecular weight is 334 g/mol. The Kier molecular flexibility index (Phi) is 6.34. The molecule has 1 atom stereocenters. The van der Waals surface area contributed by atoms with E-state index in [1.807, 2.05) is 56.3 Å². The van der Waals surface area contributed by atoms with Crippen molar-refractivity contribution >= 4 is 29.3 Å². The number of amides is 1. The number of nitrogens with one attached hydrogen (secondary N) is 1. The maximum absolute atomic E-state index is 11.9. The van der Waals surface area contributed by atoms with E-state index in [1.165, 1.54) is 5.56 Å². The highest BCUT2D eigenvalue weighted by atomic mass is 35.5. The van der Waals surface area contributed by atoms with Gasteiger partial charge >= 0.3 is 0 Å². The van der Waals surface area contributed by atoms with E-state index in [2.05, 4.69) is 17.4 Å². The number of carbonyl (C=O) groups is 1. The molecular weight excluding hydrogens is 314 g/mol. The fourth-order valence-corrected chi connectivity index (χ4v) is 3.40. The first-order valence-corrected chi connectivity index (χ1v) is 8.70. The highest BCUT2D eigenvalue weighted by Gasteiger charge is 2.16. The van der Waals surface area contributed by atoms with Gasteiger partial charge in [0.15, 0.2) is 0 Å². The predicted molar refractivity (Wildman–Crippen MR) is 95.5 cm³/mol. The Morgan fingerprint density at radius 1 is 1.05 bits per heavy atom. The molecule has 0 aliphatic heterocycles. The highest BCUT2D eigenvalue weighted by molar-refractivity contribution is 8.00. The van der Waals surface area contributed by atoms with Crippen molar-refractivity contribution in [1.82, 2.24) is 5.32 Å². The van der Waals surface area contributed by atoms with E-state index in [0.717, 1.165) is 10.6 Å². The van der Waals surface area contributed by atoms with Crippen LogP contribution in [0.4, 0.5) is 0 Å². The lowest BCUT2D eigenvalue weighted by Crippen LogP contribution is -2.31. The summed E-state index contributed by atoms with van der Waals surface area (Å²) in [6, 6.07) is 18.2. The quantitative estimate of drug-likeness (QED) is 0.831.